The molecule has 5 heteroatoms. The molecule has 5 N–H and O–H groups in total. The van der Waals surface area contributed by atoms with Gasteiger partial charge in [-0.25, -0.2) is 5.41 Å². The van der Waals surface area contributed by atoms with E-state index in [0.717, 1.165) is 0 Å². The Balaban J connectivity index is 3.32. The first-order chi connectivity index (χ1) is 3.68. The van der Waals surface area contributed by atoms with Crippen molar-refractivity contribution in [2.24, 2.45) is 5.73 Å². The van der Waals surface area contributed by atoms with Crippen molar-refractivity contribution < 1.29 is 10.2 Å². The summed E-state index contributed by atoms with van der Waals surface area (Å²) in [5.74, 6) is -0.487. The summed E-state index contributed by atoms with van der Waals surface area (Å²) in [5.41, 5.74) is 4.74. The minimum atomic E-state index is -0.507. The zero-order chi connectivity index (χ0) is 6.57. The van der Waals surface area contributed by atoms with Crippen molar-refractivity contribution in [3.05, 3.63) is 5.21 Å². The number of rotatable bonds is 2. The predicted molar refractivity (Wildman–Crippen MR) is 28.2 cm³/mol. The minimum Gasteiger partial charge on any atom is -0.627 e. The third-order valence-corrected chi connectivity index (χ3v) is 0.639. The maximum absolute atomic E-state index is 10.2. The summed E-state index contributed by atoms with van der Waals surface area (Å²) in [6.45, 7) is -0.284. The quantitative estimate of drug-likeness (QED) is 0.180. The fourth-order valence-electron chi connectivity index (χ4n) is 0.236. The van der Waals surface area contributed by atoms with E-state index in [2.05, 4.69) is 0 Å². The number of quaternary nitrogens is 1. The van der Waals surface area contributed by atoms with Crippen molar-refractivity contribution in [3.8, 4) is 0 Å². The minimum absolute atomic E-state index is 0.0463. The Morgan fingerprint density at radius 3 is 2.50 bits per heavy atom. The Bertz CT molecular complexity index is 84.6. The van der Waals surface area contributed by atoms with Crippen LogP contribution >= 0.6 is 0 Å². The molecule has 0 aliphatic carbocycles. The van der Waals surface area contributed by atoms with Gasteiger partial charge in [-0.3, -0.25) is 0 Å². The second kappa shape index (κ2) is 3.36. The maximum atomic E-state index is 10.2. The SMILES string of the molecule is N=C(N)[NH+]([O-])CCO. The molecule has 0 aliphatic rings. The molecular formula is C3H9N3O2. The van der Waals surface area contributed by atoms with Gasteiger partial charge >= 0.3 is 0 Å². The number of nitrogens with two attached hydrogens (primary N) is 1. The second-order valence-corrected chi connectivity index (χ2v) is 1.31. The average Bonchev–Trinajstić information content (AvgIpc) is 1.67. The number of aliphatic hydroxyl groups excluding tert-OH is 1. The topological polar surface area (TPSA) is 97.6 Å². The molecule has 0 saturated carbocycles. The van der Waals surface area contributed by atoms with Crippen LogP contribution in [0.25, 0.3) is 0 Å². The molecule has 0 rings (SSSR count). The van der Waals surface area contributed by atoms with Crippen LogP contribution in [0.2, 0.25) is 0 Å². The Kier molecular flexibility index (Phi) is 3.09. The van der Waals surface area contributed by atoms with Crippen LogP contribution in [0.1, 0.15) is 0 Å². The first-order valence-electron chi connectivity index (χ1n) is 2.16. The van der Waals surface area contributed by atoms with E-state index in [4.69, 9.17) is 16.2 Å². The van der Waals surface area contributed by atoms with Gasteiger partial charge in [-0.15, -0.1) is 0 Å². The molecule has 0 aliphatic heterocycles. The lowest BCUT2D eigenvalue weighted by molar-refractivity contribution is -0.751. The lowest BCUT2D eigenvalue weighted by Gasteiger charge is -2.16. The fraction of sp³-hybridized carbons (Fsp3) is 0.667. The normalized spacial score (nSPS) is 13.2. The van der Waals surface area contributed by atoms with Gasteiger partial charge in [0.15, 0.2) is 0 Å². The highest BCUT2D eigenvalue weighted by Gasteiger charge is 1.96. The third-order valence-electron chi connectivity index (χ3n) is 0.639. The van der Waals surface area contributed by atoms with Crippen LogP contribution in [0.5, 0.6) is 0 Å². The monoisotopic (exact) mass is 119 g/mol. The smallest absolute Gasteiger partial charge is 0.290 e. The Morgan fingerprint density at radius 2 is 2.38 bits per heavy atom. The van der Waals surface area contributed by atoms with Crippen LogP contribution in [-0.4, -0.2) is 24.2 Å². The van der Waals surface area contributed by atoms with E-state index in [-0.39, 0.29) is 13.2 Å². The van der Waals surface area contributed by atoms with Crippen LogP contribution in [0, 0.1) is 10.6 Å². The Labute approximate surface area is 46.8 Å². The summed E-state index contributed by atoms with van der Waals surface area (Å²) in [6, 6.07) is 0. The van der Waals surface area contributed by atoms with E-state index in [0.29, 0.717) is 0 Å². The zero-order valence-electron chi connectivity index (χ0n) is 4.35. The molecule has 0 amide bonds. The molecular weight excluding hydrogens is 110 g/mol. The molecule has 1 unspecified atom stereocenters. The van der Waals surface area contributed by atoms with E-state index in [1.54, 1.807) is 0 Å². The molecule has 0 fully saturated rings. The molecule has 8 heavy (non-hydrogen) atoms. The van der Waals surface area contributed by atoms with Gasteiger partial charge < -0.3 is 21.1 Å². The third kappa shape index (κ3) is 2.51. The van der Waals surface area contributed by atoms with Crippen molar-refractivity contribution in [1.29, 1.82) is 5.41 Å². The van der Waals surface area contributed by atoms with Gasteiger partial charge in [0, 0.05) is 0 Å². The van der Waals surface area contributed by atoms with Gasteiger partial charge in [0.1, 0.15) is 6.54 Å². The van der Waals surface area contributed by atoms with Crippen LogP contribution in [0.4, 0.5) is 0 Å². The van der Waals surface area contributed by atoms with E-state index < -0.39 is 11.0 Å². The summed E-state index contributed by atoms with van der Waals surface area (Å²) in [4.78, 5) is 0. The van der Waals surface area contributed by atoms with Crippen molar-refractivity contribution in [1.82, 2.24) is 0 Å². The van der Waals surface area contributed by atoms with Crippen LogP contribution < -0.4 is 10.8 Å². The van der Waals surface area contributed by atoms with Crippen LogP contribution in [-0.2, 0) is 0 Å². The molecule has 1 atom stereocenters. The zero-order valence-corrected chi connectivity index (χ0v) is 4.35. The highest BCUT2D eigenvalue weighted by atomic mass is 16.5. The van der Waals surface area contributed by atoms with Gasteiger partial charge in [0.25, 0.3) is 5.96 Å². The number of aliphatic hydroxyl groups is 1. The molecule has 0 aromatic carbocycles. The van der Waals surface area contributed by atoms with Crippen LogP contribution in [0.3, 0.4) is 0 Å². The molecule has 0 aromatic heterocycles. The average molecular weight is 119 g/mol. The van der Waals surface area contributed by atoms with Crippen molar-refractivity contribution in [3.63, 3.8) is 0 Å². The van der Waals surface area contributed by atoms with Crippen molar-refractivity contribution in [2.45, 2.75) is 0 Å². The molecule has 0 spiro atoms. The highest BCUT2D eigenvalue weighted by Crippen LogP contribution is 1.42. The lowest BCUT2D eigenvalue weighted by atomic mass is 10.7. The molecule has 0 bridgehead atoms. The van der Waals surface area contributed by atoms with Gasteiger partial charge in [0.2, 0.25) is 0 Å². The summed E-state index contributed by atoms with van der Waals surface area (Å²) < 4.78 is 0. The van der Waals surface area contributed by atoms with Gasteiger partial charge in [-0.05, 0) is 0 Å². The predicted octanol–water partition coefficient (Wildman–Crippen LogP) is -2.75. The summed E-state index contributed by atoms with van der Waals surface area (Å²) in [7, 11) is 0. The first kappa shape index (κ1) is 7.35. The number of nitrogens with one attached hydrogen (secondary N) is 2. The summed E-state index contributed by atoms with van der Waals surface area (Å²) >= 11 is 0. The number of hydrogen-bond donors (Lipinski definition) is 4. The number of hydrogen-bond acceptors (Lipinski definition) is 3. The van der Waals surface area contributed by atoms with E-state index in [9.17, 15) is 5.21 Å². The summed E-state index contributed by atoms with van der Waals surface area (Å²) in [5, 5.41) is 24.4. The van der Waals surface area contributed by atoms with Gasteiger partial charge in [-0.2, -0.15) is 0 Å². The molecule has 0 radical (unpaired) electrons. The molecule has 0 heterocycles. The first-order valence-corrected chi connectivity index (χ1v) is 2.16. The lowest BCUT2D eigenvalue weighted by Crippen LogP contribution is -3.12. The van der Waals surface area contributed by atoms with Gasteiger partial charge in [-0.1, -0.05) is 0 Å². The molecule has 0 aromatic rings. The maximum Gasteiger partial charge on any atom is 0.290 e. The molecule has 5 nitrogen and oxygen atoms in total. The molecule has 48 valence electrons. The standard InChI is InChI=1S/C3H9N3O2/c4-3(5)6(8)1-2-7/h6-7H,1-2H2,(H3,4,5). The Hall–Kier alpha value is -0.650. The summed E-state index contributed by atoms with van der Waals surface area (Å²) in [6.07, 6.45) is 0. The van der Waals surface area contributed by atoms with E-state index >= 15 is 0 Å². The number of guanidine groups is 1. The largest absolute Gasteiger partial charge is 0.627 e. The van der Waals surface area contributed by atoms with Crippen molar-refractivity contribution >= 4 is 5.96 Å². The number of hydroxylamine groups is 2. The van der Waals surface area contributed by atoms with Gasteiger partial charge in [0.05, 0.1) is 6.61 Å². The van der Waals surface area contributed by atoms with E-state index in [1.165, 1.54) is 0 Å². The van der Waals surface area contributed by atoms with Crippen LogP contribution in [0.15, 0.2) is 0 Å². The van der Waals surface area contributed by atoms with Crippen molar-refractivity contribution in [2.75, 3.05) is 13.2 Å². The second-order valence-electron chi connectivity index (χ2n) is 1.31. The fourth-order valence-corrected chi connectivity index (χ4v) is 0.236. The molecule has 0 saturated heterocycles. The Morgan fingerprint density at radius 1 is 1.88 bits per heavy atom. The highest BCUT2D eigenvalue weighted by molar-refractivity contribution is 5.64. The van der Waals surface area contributed by atoms with E-state index in [1.807, 2.05) is 0 Å².